The standard InChI is InChI=1S/C32H32F6N4O2S/c1-2-30(11-5-13-40-12-4-3-6-27(30)40)19-41-28(43)26(45-29(41)44)15-20-7-10-25-22(14-20)17-39-42(25)18-21-8-9-23(31(33,34)35)16-24(21)32(36,37)38/h7-10,14-17,27H,2-6,11-13,18-19H2,1H3. The fourth-order valence-electron chi connectivity index (χ4n) is 7.20. The van der Waals surface area contributed by atoms with E-state index in [4.69, 9.17) is 0 Å². The second-order valence-electron chi connectivity index (χ2n) is 12.1. The van der Waals surface area contributed by atoms with E-state index in [1.165, 1.54) is 22.2 Å². The summed E-state index contributed by atoms with van der Waals surface area (Å²) in [6.45, 7) is 4.25. The van der Waals surface area contributed by atoms with Gasteiger partial charge < -0.3 is 0 Å². The Balaban J connectivity index is 1.22. The van der Waals surface area contributed by atoms with Gasteiger partial charge in [0.05, 0.1) is 34.3 Å². The minimum atomic E-state index is -4.99. The third kappa shape index (κ3) is 6.13. The summed E-state index contributed by atoms with van der Waals surface area (Å²) < 4.78 is 81.6. The Morgan fingerprint density at radius 2 is 1.78 bits per heavy atom. The van der Waals surface area contributed by atoms with Gasteiger partial charge >= 0.3 is 12.4 Å². The highest BCUT2D eigenvalue weighted by molar-refractivity contribution is 8.18. The van der Waals surface area contributed by atoms with E-state index in [0.29, 0.717) is 40.0 Å². The molecule has 0 N–H and O–H groups in total. The zero-order valence-corrected chi connectivity index (χ0v) is 25.4. The molecule has 3 saturated heterocycles. The zero-order valence-electron chi connectivity index (χ0n) is 24.5. The van der Waals surface area contributed by atoms with Crippen molar-refractivity contribution >= 4 is 39.9 Å². The molecule has 240 valence electrons. The van der Waals surface area contributed by atoms with E-state index < -0.39 is 30.0 Å². The van der Waals surface area contributed by atoms with E-state index >= 15 is 0 Å². The van der Waals surface area contributed by atoms with Crippen LogP contribution < -0.4 is 0 Å². The molecule has 1 aromatic heterocycles. The number of aromatic nitrogens is 2. The third-order valence-electron chi connectivity index (χ3n) is 9.52. The van der Waals surface area contributed by atoms with Gasteiger partial charge in [-0.1, -0.05) is 25.5 Å². The molecule has 6 nitrogen and oxygen atoms in total. The number of hydrogen-bond acceptors (Lipinski definition) is 5. The average molecular weight is 651 g/mol. The van der Waals surface area contributed by atoms with Crippen LogP contribution >= 0.6 is 11.8 Å². The molecule has 45 heavy (non-hydrogen) atoms. The van der Waals surface area contributed by atoms with Gasteiger partial charge in [-0.25, -0.2) is 0 Å². The Kier molecular flexibility index (Phi) is 8.30. The highest BCUT2D eigenvalue weighted by Gasteiger charge is 2.48. The van der Waals surface area contributed by atoms with Crippen LogP contribution in [0.5, 0.6) is 0 Å². The molecule has 0 radical (unpaired) electrons. The highest BCUT2D eigenvalue weighted by atomic mass is 32.2. The minimum absolute atomic E-state index is 0.119. The van der Waals surface area contributed by atoms with Gasteiger partial charge in [-0.05, 0) is 98.4 Å². The number of amides is 2. The van der Waals surface area contributed by atoms with Gasteiger partial charge in [0.25, 0.3) is 11.1 Å². The van der Waals surface area contributed by atoms with Crippen LogP contribution in [0.15, 0.2) is 47.5 Å². The molecule has 4 heterocycles. The second-order valence-corrected chi connectivity index (χ2v) is 13.1. The fourth-order valence-corrected chi connectivity index (χ4v) is 8.04. The Morgan fingerprint density at radius 1 is 1.00 bits per heavy atom. The van der Waals surface area contributed by atoms with Crippen LogP contribution in [0.2, 0.25) is 0 Å². The van der Waals surface area contributed by atoms with Crippen molar-refractivity contribution < 1.29 is 35.9 Å². The van der Waals surface area contributed by atoms with E-state index in [1.807, 2.05) is 0 Å². The number of thioether (sulfide) groups is 1. The maximum atomic E-state index is 13.7. The second kappa shape index (κ2) is 11.8. The molecule has 2 atom stereocenters. The van der Waals surface area contributed by atoms with E-state index in [9.17, 15) is 35.9 Å². The molecule has 2 amide bonds. The first kappa shape index (κ1) is 31.7. The molecule has 0 bridgehead atoms. The van der Waals surface area contributed by atoms with Crippen LogP contribution in [-0.4, -0.2) is 56.4 Å². The minimum Gasteiger partial charge on any atom is -0.300 e. The van der Waals surface area contributed by atoms with Crippen LogP contribution in [0.4, 0.5) is 31.1 Å². The summed E-state index contributed by atoms with van der Waals surface area (Å²) in [5, 5.41) is 4.45. The van der Waals surface area contributed by atoms with Crippen LogP contribution in [-0.2, 0) is 23.7 Å². The predicted octanol–water partition coefficient (Wildman–Crippen LogP) is 8.20. The summed E-state index contributed by atoms with van der Waals surface area (Å²) in [4.78, 5) is 30.8. The maximum Gasteiger partial charge on any atom is 0.416 e. The van der Waals surface area contributed by atoms with Crippen LogP contribution in [0.1, 0.15) is 67.7 Å². The number of benzene rings is 2. The Bertz CT molecular complexity index is 1660. The van der Waals surface area contributed by atoms with Crippen molar-refractivity contribution in [1.82, 2.24) is 19.6 Å². The Hall–Kier alpha value is -3.32. The molecular formula is C32H32F6N4O2S. The number of piperidine rings is 2. The van der Waals surface area contributed by atoms with Gasteiger partial charge in [0.1, 0.15) is 0 Å². The number of rotatable bonds is 6. The SMILES string of the molecule is CCC1(CN2C(=O)SC(=Cc3ccc4c(cnn4Cc4ccc(C(F)(F)F)cc4C(F)(F)F)c3)C2=O)CCCN2CCCCC21. The smallest absolute Gasteiger partial charge is 0.300 e. The van der Waals surface area contributed by atoms with Gasteiger partial charge in [-0.3, -0.25) is 24.1 Å². The third-order valence-corrected chi connectivity index (χ3v) is 10.4. The van der Waals surface area contributed by atoms with Crippen LogP contribution in [0.25, 0.3) is 17.0 Å². The lowest BCUT2D eigenvalue weighted by molar-refractivity contribution is -0.143. The zero-order chi connectivity index (χ0) is 32.1. The van der Waals surface area contributed by atoms with E-state index in [1.54, 1.807) is 24.3 Å². The molecule has 13 heteroatoms. The lowest BCUT2D eigenvalue weighted by atomic mass is 9.68. The quantitative estimate of drug-likeness (QED) is 0.199. The first-order valence-electron chi connectivity index (χ1n) is 15.0. The summed E-state index contributed by atoms with van der Waals surface area (Å²) in [5.74, 6) is -0.330. The van der Waals surface area contributed by atoms with Gasteiger partial charge in [0, 0.05) is 23.4 Å². The van der Waals surface area contributed by atoms with E-state index in [0.717, 1.165) is 63.0 Å². The van der Waals surface area contributed by atoms with Gasteiger partial charge in [0.2, 0.25) is 0 Å². The molecule has 2 aromatic carbocycles. The monoisotopic (exact) mass is 650 g/mol. The van der Waals surface area contributed by atoms with Crippen molar-refractivity contribution in [2.45, 2.75) is 70.4 Å². The first-order valence-corrected chi connectivity index (χ1v) is 15.8. The molecule has 3 aliphatic rings. The summed E-state index contributed by atoms with van der Waals surface area (Å²) in [5.41, 5.74) is -2.16. The molecule has 0 aliphatic carbocycles. The van der Waals surface area contributed by atoms with E-state index in [2.05, 4.69) is 16.9 Å². The van der Waals surface area contributed by atoms with Crippen molar-refractivity contribution in [1.29, 1.82) is 0 Å². The molecule has 0 saturated carbocycles. The van der Waals surface area contributed by atoms with Gasteiger partial charge in [-0.15, -0.1) is 0 Å². The average Bonchev–Trinajstić information content (AvgIpc) is 3.51. The largest absolute Gasteiger partial charge is 0.416 e. The van der Waals surface area contributed by atoms with Gasteiger partial charge in [-0.2, -0.15) is 31.4 Å². The lowest BCUT2D eigenvalue weighted by Gasteiger charge is -2.53. The summed E-state index contributed by atoms with van der Waals surface area (Å²) in [7, 11) is 0. The van der Waals surface area contributed by atoms with Crippen molar-refractivity contribution in [3.63, 3.8) is 0 Å². The molecule has 3 aliphatic heterocycles. The molecule has 0 spiro atoms. The molecule has 6 rings (SSSR count). The molecule has 3 fully saturated rings. The Labute approximate surface area is 260 Å². The summed E-state index contributed by atoms with van der Waals surface area (Å²) >= 11 is 0.900. The molecule has 3 aromatic rings. The number of nitrogens with zero attached hydrogens (tertiary/aromatic N) is 4. The normalized spacial score (nSPS) is 24.2. The van der Waals surface area contributed by atoms with Crippen LogP contribution in [0.3, 0.4) is 0 Å². The Morgan fingerprint density at radius 3 is 2.51 bits per heavy atom. The fraction of sp³-hybridized carbons (Fsp3) is 0.469. The number of imide groups is 1. The predicted molar refractivity (Wildman–Crippen MR) is 159 cm³/mol. The number of carbonyl (C=O) groups is 2. The maximum absolute atomic E-state index is 13.7. The van der Waals surface area contributed by atoms with Crippen molar-refractivity contribution in [2.24, 2.45) is 5.41 Å². The number of carbonyl (C=O) groups excluding carboxylic acids is 2. The molecular weight excluding hydrogens is 618 g/mol. The molecule has 2 unspecified atom stereocenters. The number of fused-ring (bicyclic) bond motifs is 2. The number of alkyl halides is 6. The summed E-state index contributed by atoms with van der Waals surface area (Å²) in [6.07, 6.45) is -0.526. The topological polar surface area (TPSA) is 58.4 Å². The van der Waals surface area contributed by atoms with Crippen LogP contribution in [0, 0.1) is 5.41 Å². The number of hydrogen-bond donors (Lipinski definition) is 0. The van der Waals surface area contributed by atoms with Crippen molar-refractivity contribution in [3.05, 3.63) is 69.8 Å². The van der Waals surface area contributed by atoms with Crippen molar-refractivity contribution in [2.75, 3.05) is 19.6 Å². The highest BCUT2D eigenvalue weighted by Crippen LogP contribution is 2.46. The van der Waals surface area contributed by atoms with Crippen molar-refractivity contribution in [3.8, 4) is 0 Å². The summed E-state index contributed by atoms with van der Waals surface area (Å²) in [6, 6.07) is 6.93. The first-order chi connectivity index (χ1) is 21.3. The van der Waals surface area contributed by atoms with E-state index in [-0.39, 0.29) is 28.2 Å². The van der Waals surface area contributed by atoms with Gasteiger partial charge in [0.15, 0.2) is 0 Å². The number of halogens is 6. The lowest BCUT2D eigenvalue weighted by Crippen LogP contribution is -2.58.